The first-order chi connectivity index (χ1) is 4.33. The zero-order chi connectivity index (χ0) is 6.69. The van der Waals surface area contributed by atoms with Gasteiger partial charge in [0, 0.05) is 0 Å². The van der Waals surface area contributed by atoms with E-state index in [2.05, 4.69) is 5.92 Å². The van der Waals surface area contributed by atoms with Crippen LogP contribution in [0.4, 0.5) is 0 Å². The van der Waals surface area contributed by atoms with Crippen molar-refractivity contribution in [1.82, 2.24) is 0 Å². The van der Waals surface area contributed by atoms with Gasteiger partial charge < -0.3 is 6.42 Å². The van der Waals surface area contributed by atoms with Gasteiger partial charge in [0.25, 0.3) is 0 Å². The third kappa shape index (κ3) is 2.32. The second-order valence-electron chi connectivity index (χ2n) is 1.99. The van der Waals surface area contributed by atoms with E-state index in [1.54, 1.807) is 0 Å². The molecule has 0 atom stereocenters. The summed E-state index contributed by atoms with van der Waals surface area (Å²) >= 11 is 0. The molecule has 0 radical (unpaired) electrons. The fourth-order valence-corrected chi connectivity index (χ4v) is 0.723. The Morgan fingerprint density at radius 1 is 1.40 bits per heavy atom. The van der Waals surface area contributed by atoms with Gasteiger partial charge in [0.2, 0.25) is 0 Å². The molecule has 0 saturated heterocycles. The molecule has 0 saturated carbocycles. The van der Waals surface area contributed by atoms with Crippen LogP contribution in [-0.4, -0.2) is 0 Å². The van der Waals surface area contributed by atoms with Gasteiger partial charge in [-0.05, 0) is 6.92 Å². The van der Waals surface area contributed by atoms with Crippen LogP contribution in [-0.2, 0) is 0 Å². The Kier molecular flexibility index (Phi) is 3.97. The minimum absolute atomic E-state index is 0. The van der Waals surface area contributed by atoms with Gasteiger partial charge in [0.15, 0.2) is 0 Å². The fraction of sp³-hybridized carbons (Fsp3) is 0.111. The second-order valence-corrected chi connectivity index (χ2v) is 1.99. The summed E-state index contributed by atoms with van der Waals surface area (Å²) in [5.41, 5.74) is 2.02. The summed E-state index contributed by atoms with van der Waals surface area (Å²) in [7, 11) is 0. The van der Waals surface area contributed by atoms with Crippen molar-refractivity contribution in [3.8, 4) is 5.92 Å². The van der Waals surface area contributed by atoms with Crippen molar-refractivity contribution in [2.75, 3.05) is 0 Å². The molecule has 0 heterocycles. The topological polar surface area (TPSA) is 0 Å². The van der Waals surface area contributed by atoms with Crippen molar-refractivity contribution in [3.63, 3.8) is 0 Å². The maximum Gasteiger partial charge on any atom is 1.00 e. The first kappa shape index (κ1) is 9.38. The van der Waals surface area contributed by atoms with Crippen LogP contribution in [0.25, 0.3) is 0 Å². The average Bonchev–Trinajstić information content (AvgIpc) is 1.88. The van der Waals surface area contributed by atoms with Crippen molar-refractivity contribution in [1.29, 1.82) is 0 Å². The third-order valence-corrected chi connectivity index (χ3v) is 1.16. The predicted octanol–water partition coefficient (Wildman–Crippen LogP) is -1.06. The summed E-state index contributed by atoms with van der Waals surface area (Å²) in [6.07, 6.45) is 6.79. The van der Waals surface area contributed by atoms with E-state index in [0.717, 1.165) is 5.56 Å². The normalized spacial score (nSPS) is 7.60. The predicted molar refractivity (Wildman–Crippen MR) is 37.4 cm³/mol. The Morgan fingerprint density at radius 3 is 2.50 bits per heavy atom. The van der Waals surface area contributed by atoms with Gasteiger partial charge in [-0.25, -0.2) is 0 Å². The Bertz CT molecular complexity index is 245. The molecule has 0 N–H and O–H groups in total. The molecule has 0 aromatic heterocycles. The van der Waals surface area contributed by atoms with E-state index in [4.69, 9.17) is 6.42 Å². The van der Waals surface area contributed by atoms with Crippen molar-refractivity contribution >= 4 is 0 Å². The van der Waals surface area contributed by atoms with E-state index in [1.807, 2.05) is 31.2 Å². The van der Waals surface area contributed by atoms with Crippen LogP contribution in [0.1, 0.15) is 11.1 Å². The smallest absolute Gasteiger partial charge is 0.366 e. The Labute approximate surface area is 73.8 Å². The molecule has 0 unspecified atom stereocenters. The van der Waals surface area contributed by atoms with Crippen LogP contribution in [0.5, 0.6) is 0 Å². The fourth-order valence-electron chi connectivity index (χ4n) is 0.723. The molecule has 0 aliphatic heterocycles. The molecular formula is C9H7Li. The van der Waals surface area contributed by atoms with Gasteiger partial charge in [-0.1, -0.05) is 17.7 Å². The van der Waals surface area contributed by atoms with E-state index < -0.39 is 0 Å². The molecule has 0 fully saturated rings. The van der Waals surface area contributed by atoms with E-state index in [9.17, 15) is 0 Å². The van der Waals surface area contributed by atoms with Crippen LogP contribution in [0.3, 0.4) is 0 Å². The largest absolute Gasteiger partial charge is 1.00 e. The minimum atomic E-state index is 0. The molecule has 0 aliphatic carbocycles. The van der Waals surface area contributed by atoms with Crippen LogP contribution in [0.15, 0.2) is 24.3 Å². The molecule has 44 valence electrons. The second kappa shape index (κ2) is 4.23. The quantitative estimate of drug-likeness (QED) is 0.234. The molecule has 0 aliphatic rings. The Hall–Kier alpha value is -0.623. The molecule has 1 aromatic rings. The minimum Gasteiger partial charge on any atom is -0.366 e. The van der Waals surface area contributed by atoms with Crippen LogP contribution in [0.2, 0.25) is 0 Å². The summed E-state index contributed by atoms with van der Waals surface area (Å²) < 4.78 is 0. The molecule has 1 rings (SSSR count). The van der Waals surface area contributed by atoms with Gasteiger partial charge in [-0.15, -0.1) is 17.7 Å². The van der Waals surface area contributed by atoms with E-state index in [-0.39, 0.29) is 18.9 Å². The van der Waals surface area contributed by atoms with Crippen molar-refractivity contribution in [3.05, 3.63) is 41.8 Å². The van der Waals surface area contributed by atoms with E-state index in [0.29, 0.717) is 0 Å². The van der Waals surface area contributed by atoms with Crippen LogP contribution < -0.4 is 18.9 Å². The van der Waals surface area contributed by atoms with Crippen molar-refractivity contribution < 1.29 is 18.9 Å². The number of aryl methyl sites for hydroxylation is 1. The third-order valence-electron chi connectivity index (χ3n) is 1.16. The number of hydrogen-bond acceptors (Lipinski definition) is 0. The first-order valence-electron chi connectivity index (χ1n) is 2.82. The van der Waals surface area contributed by atoms with Crippen molar-refractivity contribution in [2.24, 2.45) is 0 Å². The molecular weight excluding hydrogens is 115 g/mol. The summed E-state index contributed by atoms with van der Waals surface area (Å²) in [5.74, 6) is 2.32. The van der Waals surface area contributed by atoms with E-state index in [1.165, 1.54) is 5.56 Å². The monoisotopic (exact) mass is 122 g/mol. The number of rotatable bonds is 0. The number of benzene rings is 1. The van der Waals surface area contributed by atoms with Gasteiger partial charge in [-0.3, -0.25) is 5.92 Å². The van der Waals surface area contributed by atoms with Crippen LogP contribution >= 0.6 is 0 Å². The average molecular weight is 122 g/mol. The molecule has 0 nitrogen and oxygen atoms in total. The van der Waals surface area contributed by atoms with Gasteiger partial charge in [0.1, 0.15) is 0 Å². The zero-order valence-electron chi connectivity index (χ0n) is 6.31. The zero-order valence-corrected chi connectivity index (χ0v) is 6.31. The SMILES string of the molecule is [C-]#Cc1cccc(C)c1.[Li+]. The number of hydrogen-bond donors (Lipinski definition) is 0. The van der Waals surface area contributed by atoms with Crippen molar-refractivity contribution in [2.45, 2.75) is 6.92 Å². The standard InChI is InChI=1S/C9H7.Li/c1-3-9-6-4-5-8(2)7-9;/h4-7H,2H3;/q-1;+1. The van der Waals surface area contributed by atoms with Gasteiger partial charge in [0.05, 0.1) is 0 Å². The van der Waals surface area contributed by atoms with E-state index >= 15 is 0 Å². The molecule has 0 amide bonds. The first-order valence-corrected chi connectivity index (χ1v) is 2.82. The van der Waals surface area contributed by atoms with Gasteiger partial charge >= 0.3 is 18.9 Å². The molecule has 1 heteroatoms. The molecule has 0 bridgehead atoms. The van der Waals surface area contributed by atoms with Crippen LogP contribution in [0, 0.1) is 19.3 Å². The Balaban J connectivity index is 0.000000810. The van der Waals surface area contributed by atoms with Gasteiger partial charge in [-0.2, -0.15) is 0 Å². The summed E-state index contributed by atoms with van der Waals surface area (Å²) in [4.78, 5) is 0. The molecule has 0 spiro atoms. The summed E-state index contributed by atoms with van der Waals surface area (Å²) in [6, 6.07) is 7.71. The summed E-state index contributed by atoms with van der Waals surface area (Å²) in [5, 5.41) is 0. The maximum atomic E-state index is 6.79. The molecule has 1 aromatic carbocycles. The summed E-state index contributed by atoms with van der Waals surface area (Å²) in [6.45, 7) is 2.00. The molecule has 10 heavy (non-hydrogen) atoms. The maximum absolute atomic E-state index is 6.79. The Morgan fingerprint density at radius 2 is 2.10 bits per heavy atom.